The molecule has 1 saturated carbocycles. The Morgan fingerprint density at radius 1 is 1.05 bits per heavy atom. The van der Waals surface area contributed by atoms with E-state index in [1.165, 1.54) is 69.9 Å². The van der Waals surface area contributed by atoms with Crippen molar-refractivity contribution in [3.05, 3.63) is 47.3 Å². The summed E-state index contributed by atoms with van der Waals surface area (Å²) in [7, 11) is 1.50. The zero-order valence-corrected chi connectivity index (χ0v) is 35.6. The van der Waals surface area contributed by atoms with Crippen LogP contribution in [0.3, 0.4) is 0 Å². The van der Waals surface area contributed by atoms with Crippen molar-refractivity contribution in [3.63, 3.8) is 0 Å². The summed E-state index contributed by atoms with van der Waals surface area (Å²) in [5.41, 5.74) is 12.6. The molecule has 2 unspecified atom stereocenters. The molecular formula is C43H74N8O4. The molecule has 2 aliphatic rings. The number of nitrogens with zero attached hydrogens (tertiary/aromatic N) is 5. The number of allylic oxidation sites excluding steroid dienone is 1. The maximum atomic E-state index is 9.13. The molecule has 4 rings (SSSR count). The van der Waals surface area contributed by atoms with E-state index in [1.807, 2.05) is 6.92 Å². The van der Waals surface area contributed by atoms with Crippen molar-refractivity contribution in [1.29, 1.82) is 10.7 Å². The van der Waals surface area contributed by atoms with Crippen molar-refractivity contribution in [2.45, 2.75) is 144 Å². The van der Waals surface area contributed by atoms with Crippen LogP contribution in [0.25, 0.3) is 5.57 Å². The minimum Gasteiger partial charge on any atom is -0.487 e. The first-order chi connectivity index (χ1) is 26.6. The van der Waals surface area contributed by atoms with Gasteiger partial charge < -0.3 is 35.8 Å². The quantitative estimate of drug-likeness (QED) is 0.119. The summed E-state index contributed by atoms with van der Waals surface area (Å²) in [6, 6.07) is 7.73. The second-order valence-corrected chi connectivity index (χ2v) is 13.7. The predicted octanol–water partition coefficient (Wildman–Crippen LogP) is 9.10. The monoisotopic (exact) mass is 767 g/mol. The molecule has 5 N–H and O–H groups in total. The second-order valence-electron chi connectivity index (χ2n) is 13.7. The number of aryl methyl sites for hydroxylation is 1. The van der Waals surface area contributed by atoms with E-state index in [4.69, 9.17) is 35.4 Å². The van der Waals surface area contributed by atoms with E-state index in [0.29, 0.717) is 47.6 Å². The van der Waals surface area contributed by atoms with Crippen LogP contribution in [0.1, 0.15) is 135 Å². The first-order valence-electron chi connectivity index (χ1n) is 20.2. The minimum atomic E-state index is -0.225. The van der Waals surface area contributed by atoms with Gasteiger partial charge in [0.2, 0.25) is 5.88 Å². The molecular weight excluding hydrogens is 693 g/mol. The van der Waals surface area contributed by atoms with Crippen LogP contribution in [0.5, 0.6) is 11.6 Å². The number of aromatic nitrogens is 2. The van der Waals surface area contributed by atoms with Crippen LogP contribution in [0.15, 0.2) is 40.6 Å². The summed E-state index contributed by atoms with van der Waals surface area (Å²) >= 11 is 0. The summed E-state index contributed by atoms with van der Waals surface area (Å²) in [6.45, 7) is 23.0. The topological polar surface area (TPSA) is 179 Å². The second kappa shape index (κ2) is 32.2. The van der Waals surface area contributed by atoms with Crippen molar-refractivity contribution >= 4 is 24.8 Å². The Balaban J connectivity index is 0.000000798. The lowest BCUT2D eigenvalue weighted by molar-refractivity contribution is 0.00511. The highest BCUT2D eigenvalue weighted by atomic mass is 16.5. The molecule has 2 fully saturated rings. The van der Waals surface area contributed by atoms with Crippen molar-refractivity contribution in [2.24, 2.45) is 27.4 Å². The average molecular weight is 767 g/mol. The maximum absolute atomic E-state index is 9.13. The third kappa shape index (κ3) is 21.6. The molecule has 12 heteroatoms. The standard InChI is InChI=1S/C16H26N2O2.C15H17N5O.C8H18O.C3H8.CH5N/c1-13-11-18(15-5-3-2-4-6-15)17-16(13)20-12-14-7-9-19-10-8-14;1-11(8-20-10-18)21-15-5-12(3-4-13(15)6-16)14(7-17)9-19-2;1-5-7(3)9-8(4)6-2;1-3-2;1-2/h11,14-15H,2-10,12H2,1H3;3-5,7,9-11,17H,2,8H2,1H3,(H2,18,20);7-8H,5-6H2,1-4H3;3H2,1-2H3;2H2,1H3/b;14-9+,17-7?;;;/t;11-;;;/m.0.../s1. The molecule has 1 aliphatic carbocycles. The van der Waals surface area contributed by atoms with E-state index in [0.717, 1.165) is 56.9 Å². The average Bonchev–Trinajstić information content (AvgIpc) is 3.60. The lowest BCUT2D eigenvalue weighted by Gasteiger charge is -2.22. The highest BCUT2D eigenvalue weighted by Crippen LogP contribution is 2.30. The van der Waals surface area contributed by atoms with Crippen LogP contribution >= 0.6 is 0 Å². The molecule has 0 radical (unpaired) electrons. The lowest BCUT2D eigenvalue weighted by atomic mass is 9.96. The Bertz CT molecular complexity index is 1380. The van der Waals surface area contributed by atoms with Gasteiger partial charge in [0.05, 0.1) is 43.3 Å². The highest BCUT2D eigenvalue weighted by molar-refractivity contribution is 6.08. The Labute approximate surface area is 333 Å². The van der Waals surface area contributed by atoms with Crippen molar-refractivity contribution in [2.75, 3.05) is 33.4 Å². The fourth-order valence-corrected chi connectivity index (χ4v) is 5.49. The number of nitrogens with two attached hydrogens (primary N) is 2. The first-order valence-corrected chi connectivity index (χ1v) is 20.2. The molecule has 0 spiro atoms. The van der Waals surface area contributed by atoms with Gasteiger partial charge in [0.1, 0.15) is 17.9 Å². The van der Waals surface area contributed by atoms with Crippen molar-refractivity contribution in [3.8, 4) is 17.7 Å². The highest BCUT2D eigenvalue weighted by Gasteiger charge is 2.20. The van der Waals surface area contributed by atoms with Gasteiger partial charge in [-0.15, -0.1) is 5.10 Å². The Morgan fingerprint density at radius 2 is 1.67 bits per heavy atom. The maximum Gasteiger partial charge on any atom is 0.235 e. The smallest absolute Gasteiger partial charge is 0.235 e. The summed E-state index contributed by atoms with van der Waals surface area (Å²) in [4.78, 5) is 7.56. The van der Waals surface area contributed by atoms with Gasteiger partial charge in [-0.25, -0.2) is 0 Å². The molecule has 55 heavy (non-hydrogen) atoms. The van der Waals surface area contributed by atoms with Crippen LogP contribution in [-0.2, 0) is 9.47 Å². The van der Waals surface area contributed by atoms with Gasteiger partial charge >= 0.3 is 0 Å². The van der Waals surface area contributed by atoms with Gasteiger partial charge in [-0.3, -0.25) is 14.7 Å². The molecule has 0 bridgehead atoms. The number of nitrogens with one attached hydrogen (secondary N) is 1. The van der Waals surface area contributed by atoms with Gasteiger partial charge in [-0.1, -0.05) is 59.4 Å². The Morgan fingerprint density at radius 3 is 2.20 bits per heavy atom. The largest absolute Gasteiger partial charge is 0.487 e. The van der Waals surface area contributed by atoms with Gasteiger partial charge in [-0.2, -0.15) is 5.26 Å². The van der Waals surface area contributed by atoms with Crippen molar-refractivity contribution < 1.29 is 18.9 Å². The summed E-state index contributed by atoms with van der Waals surface area (Å²) < 4.78 is 24.8. The summed E-state index contributed by atoms with van der Waals surface area (Å²) in [5, 5.41) is 21.2. The molecule has 1 aromatic carbocycles. The van der Waals surface area contributed by atoms with E-state index in [9.17, 15) is 0 Å². The number of hydrogen-bond donors (Lipinski definition) is 3. The van der Waals surface area contributed by atoms with E-state index in [-0.39, 0.29) is 6.10 Å². The van der Waals surface area contributed by atoms with E-state index < -0.39 is 0 Å². The number of ether oxygens (including phenoxy) is 4. The van der Waals surface area contributed by atoms with Crippen molar-refractivity contribution in [1.82, 2.24) is 9.78 Å². The number of nitriles is 1. The van der Waals surface area contributed by atoms with E-state index in [1.54, 1.807) is 18.2 Å². The Kier molecular flexibility index (Phi) is 29.8. The van der Waals surface area contributed by atoms with E-state index in [2.05, 4.69) is 92.9 Å². The zero-order valence-electron chi connectivity index (χ0n) is 35.6. The van der Waals surface area contributed by atoms with Crippen LogP contribution in [-0.4, -0.2) is 80.8 Å². The van der Waals surface area contributed by atoms with Gasteiger partial charge in [0.15, 0.2) is 0 Å². The lowest BCUT2D eigenvalue weighted by Crippen LogP contribution is -2.21. The molecule has 1 saturated heterocycles. The SMILES string of the molecule is C=N/C=C(\C=N)c1ccc(C#N)c(O[C@@H](C)CN=CN)c1.CCC.CCC(C)OC(C)CC.CN.Cc1cn(C2CCCCC2)nc1OCC1CCOCC1. The molecule has 0 amide bonds. The molecule has 12 nitrogen and oxygen atoms in total. The van der Waals surface area contributed by atoms with Gasteiger partial charge in [0.25, 0.3) is 0 Å². The Hall–Kier alpha value is -4.05. The first kappa shape index (κ1) is 51.0. The third-order valence-corrected chi connectivity index (χ3v) is 8.85. The van der Waals surface area contributed by atoms with Gasteiger partial charge in [-0.05, 0) is 104 Å². The molecule has 2 aromatic rings. The zero-order chi connectivity index (χ0) is 41.4. The number of rotatable bonds is 15. The number of aliphatic imine (C=N–C) groups is 2. The molecule has 1 aromatic heterocycles. The van der Waals surface area contributed by atoms with E-state index >= 15 is 0 Å². The fraction of sp³-hybridized carbons (Fsp3) is 0.651. The molecule has 310 valence electrons. The van der Waals surface area contributed by atoms with Crippen LogP contribution in [0.4, 0.5) is 0 Å². The normalized spacial score (nSPS) is 16.1. The number of hydrogen-bond acceptors (Lipinski definition) is 10. The number of benzene rings is 1. The minimum absolute atomic E-state index is 0.225. The van der Waals surface area contributed by atoms with Crippen LogP contribution < -0.4 is 20.9 Å². The molecule has 3 atom stereocenters. The van der Waals surface area contributed by atoms with Gasteiger partial charge in [0, 0.05) is 43.0 Å². The predicted molar refractivity (Wildman–Crippen MR) is 230 cm³/mol. The molecule has 2 heterocycles. The summed E-state index contributed by atoms with van der Waals surface area (Å²) in [5.74, 6) is 1.90. The summed E-state index contributed by atoms with van der Waals surface area (Å²) in [6.07, 6.45) is 18.9. The van der Waals surface area contributed by atoms with Crippen LogP contribution in [0.2, 0.25) is 0 Å². The fourth-order valence-electron chi connectivity index (χ4n) is 5.49. The molecule has 1 aliphatic heterocycles. The third-order valence-electron chi connectivity index (χ3n) is 8.85. The van der Waals surface area contributed by atoms with Crippen LogP contribution in [0, 0.1) is 29.6 Å².